The van der Waals surface area contributed by atoms with Gasteiger partial charge in [-0.05, 0) is 63.6 Å². The molecule has 1 saturated heterocycles. The van der Waals surface area contributed by atoms with Gasteiger partial charge in [-0.3, -0.25) is 24.2 Å². The van der Waals surface area contributed by atoms with Gasteiger partial charge in [0.15, 0.2) is 16.4 Å². The number of ketones is 2. The molecule has 0 radical (unpaired) electrons. The Morgan fingerprint density at radius 2 is 1.86 bits per heavy atom. The Morgan fingerprint density at radius 3 is 2.42 bits per heavy atom. The highest BCUT2D eigenvalue weighted by atomic mass is 35.5. The molecule has 5 rings (SSSR count). The van der Waals surface area contributed by atoms with E-state index >= 15 is 0 Å². The van der Waals surface area contributed by atoms with Crippen LogP contribution in [0.3, 0.4) is 0 Å². The Bertz CT molecular complexity index is 1490. The molecule has 5 N–H and O–H groups in total. The molecule has 1 aromatic carbocycles. The zero-order valence-electron chi connectivity index (χ0n) is 24.1. The van der Waals surface area contributed by atoms with Crippen LogP contribution in [0.1, 0.15) is 41.6 Å². The van der Waals surface area contributed by atoms with Crippen molar-refractivity contribution in [2.24, 2.45) is 17.6 Å². The number of allylic oxidation sites excluding steroid dienone is 2. The third-order valence-corrected chi connectivity index (χ3v) is 10.1. The van der Waals surface area contributed by atoms with Crippen LogP contribution in [-0.4, -0.2) is 106 Å². The third kappa shape index (κ3) is 4.54. The fourth-order valence-electron chi connectivity index (χ4n) is 7.54. The van der Waals surface area contributed by atoms with Crippen molar-refractivity contribution in [2.45, 2.75) is 42.9 Å². The zero-order chi connectivity index (χ0) is 31.9. The highest BCUT2D eigenvalue weighted by Crippen LogP contribution is 2.57. The summed E-state index contributed by atoms with van der Waals surface area (Å²) in [6.07, 6.45) is -5.45. The number of amides is 1. The van der Waals surface area contributed by atoms with Crippen molar-refractivity contribution >= 4 is 34.8 Å². The average Bonchev–Trinajstić information content (AvgIpc) is 2.89. The summed E-state index contributed by atoms with van der Waals surface area (Å²) in [7, 11) is 4.80. The van der Waals surface area contributed by atoms with Crippen LogP contribution in [0, 0.1) is 11.8 Å². The molecule has 0 bridgehead atoms. The SMILES string of the molecule is CCN1CCN(C)CC1c1cc(O)c2c(c1C(F)(F)F)C[C@H]1C[C@H]3[C@H](N(C)C)C(=O)C(C(N)=O)=C(O)[C@@]3(Cl)C(=O)C1=C2O. The van der Waals surface area contributed by atoms with Gasteiger partial charge in [0.1, 0.15) is 22.8 Å². The number of rotatable bonds is 4. The van der Waals surface area contributed by atoms with E-state index in [-0.39, 0.29) is 29.7 Å². The van der Waals surface area contributed by atoms with E-state index in [9.17, 15) is 42.9 Å². The van der Waals surface area contributed by atoms with Crippen LogP contribution in [0.5, 0.6) is 5.75 Å². The van der Waals surface area contributed by atoms with Gasteiger partial charge in [-0.2, -0.15) is 13.2 Å². The Kier molecular flexibility index (Phi) is 7.64. The largest absolute Gasteiger partial charge is 0.509 e. The zero-order valence-corrected chi connectivity index (χ0v) is 24.9. The standard InChI is InChI=1S/C29H34ClF3N4O6/c1-5-37-7-6-36(4)11-16(37)13-10-17(38)19-14(21(13)29(31,32)33)8-12-9-15-22(35(2)3)24(40)20(27(34)43)26(42)28(15,30)25(41)18(12)23(19)39/h10,12,15-16,22,38-39,42H,5-9,11H2,1-4H3,(H2,34,43)/t12-,15-,16?,22-,28-/m0/s1. The third-order valence-electron chi connectivity index (χ3n) is 9.44. The molecule has 2 fully saturated rings. The maximum Gasteiger partial charge on any atom is 0.417 e. The number of likely N-dealkylation sites (N-methyl/N-ethyl adjacent to an activating group) is 3. The Labute approximate surface area is 251 Å². The molecule has 3 aliphatic carbocycles. The molecule has 0 aromatic heterocycles. The molecular weight excluding hydrogens is 593 g/mol. The molecule has 5 atom stereocenters. The van der Waals surface area contributed by atoms with Crippen molar-refractivity contribution < 1.29 is 42.9 Å². The minimum Gasteiger partial charge on any atom is -0.509 e. The smallest absolute Gasteiger partial charge is 0.417 e. The molecule has 1 heterocycles. The predicted molar refractivity (Wildman–Crippen MR) is 150 cm³/mol. The molecule has 14 heteroatoms. The number of phenols is 1. The summed E-state index contributed by atoms with van der Waals surface area (Å²) in [6, 6.07) is -0.916. The molecule has 4 aliphatic rings. The number of primary amides is 1. The van der Waals surface area contributed by atoms with Gasteiger partial charge in [0, 0.05) is 37.2 Å². The van der Waals surface area contributed by atoms with Crippen molar-refractivity contribution in [3.8, 4) is 5.75 Å². The molecule has 43 heavy (non-hydrogen) atoms. The van der Waals surface area contributed by atoms with Crippen LogP contribution in [-0.2, 0) is 27.0 Å². The molecule has 10 nitrogen and oxygen atoms in total. The second kappa shape index (κ2) is 10.5. The first kappa shape index (κ1) is 31.3. The van der Waals surface area contributed by atoms with Crippen LogP contribution in [0.2, 0.25) is 0 Å². The van der Waals surface area contributed by atoms with Gasteiger partial charge in [-0.25, -0.2) is 0 Å². The fourth-order valence-corrected chi connectivity index (χ4v) is 7.94. The lowest BCUT2D eigenvalue weighted by Gasteiger charge is -2.50. The van der Waals surface area contributed by atoms with E-state index in [4.69, 9.17) is 17.3 Å². The number of phenolic OH excluding ortho intramolecular Hbond substituents is 1. The number of fused-ring (bicyclic) bond motifs is 3. The summed E-state index contributed by atoms with van der Waals surface area (Å²) in [5.41, 5.74) is 2.13. The number of carbonyl (C=O) groups is 3. The highest BCUT2D eigenvalue weighted by Gasteiger charge is 2.64. The van der Waals surface area contributed by atoms with Crippen molar-refractivity contribution in [1.29, 1.82) is 0 Å². The van der Waals surface area contributed by atoms with E-state index < -0.39 is 92.8 Å². The van der Waals surface area contributed by atoms with E-state index in [0.717, 1.165) is 6.07 Å². The number of Topliss-reactive ketones (excluding diaryl/α,β-unsaturated/α-hetero) is 2. The summed E-state index contributed by atoms with van der Waals surface area (Å²) in [4.78, 5) is 42.3. The number of alkyl halides is 4. The number of hydrogen-bond acceptors (Lipinski definition) is 9. The van der Waals surface area contributed by atoms with Crippen LogP contribution < -0.4 is 5.73 Å². The van der Waals surface area contributed by atoms with Crippen molar-refractivity contribution in [2.75, 3.05) is 47.3 Å². The van der Waals surface area contributed by atoms with E-state index in [1.807, 2.05) is 16.7 Å². The van der Waals surface area contributed by atoms with Gasteiger partial charge in [0.2, 0.25) is 0 Å². The molecule has 1 saturated carbocycles. The Balaban J connectivity index is 1.75. The first-order valence-corrected chi connectivity index (χ1v) is 14.3. The minimum absolute atomic E-state index is 0.132. The molecule has 1 amide bonds. The second-order valence-corrected chi connectivity index (χ2v) is 12.6. The first-order chi connectivity index (χ1) is 20.0. The van der Waals surface area contributed by atoms with Crippen molar-refractivity contribution in [3.63, 3.8) is 0 Å². The van der Waals surface area contributed by atoms with E-state index in [2.05, 4.69) is 0 Å². The molecular formula is C29H34ClF3N4O6. The van der Waals surface area contributed by atoms with Gasteiger partial charge in [0.05, 0.1) is 17.2 Å². The van der Waals surface area contributed by atoms with Crippen molar-refractivity contribution in [3.05, 3.63) is 45.2 Å². The number of aromatic hydroxyl groups is 1. The number of benzene rings is 1. The topological polar surface area (TPSA) is 148 Å². The lowest BCUT2D eigenvalue weighted by molar-refractivity contribution is -0.139. The number of piperazine rings is 1. The maximum atomic E-state index is 15.0. The van der Waals surface area contributed by atoms with Gasteiger partial charge in [-0.1, -0.05) is 6.92 Å². The van der Waals surface area contributed by atoms with Crippen LogP contribution in [0.4, 0.5) is 13.2 Å². The van der Waals surface area contributed by atoms with Gasteiger partial charge < -0.3 is 26.0 Å². The van der Waals surface area contributed by atoms with Gasteiger partial charge in [-0.15, -0.1) is 11.6 Å². The normalized spacial score (nSPS) is 30.4. The van der Waals surface area contributed by atoms with Crippen LogP contribution in [0.25, 0.3) is 5.76 Å². The maximum absolute atomic E-state index is 15.0. The Morgan fingerprint density at radius 1 is 1.21 bits per heavy atom. The summed E-state index contributed by atoms with van der Waals surface area (Å²) >= 11 is 6.81. The molecule has 234 valence electrons. The lowest BCUT2D eigenvalue weighted by atomic mass is 9.59. The number of hydrogen-bond donors (Lipinski definition) is 4. The van der Waals surface area contributed by atoms with E-state index in [1.165, 1.54) is 19.0 Å². The molecule has 0 spiro atoms. The number of nitrogens with two attached hydrogens (primary N) is 1. The summed E-state index contributed by atoms with van der Waals surface area (Å²) in [6.45, 7) is 3.77. The molecule has 1 aromatic rings. The number of halogens is 4. The number of nitrogens with zero attached hydrogens (tertiary/aromatic N) is 3. The lowest BCUT2D eigenvalue weighted by Crippen LogP contribution is -2.63. The predicted octanol–water partition coefficient (Wildman–Crippen LogP) is 2.54. The summed E-state index contributed by atoms with van der Waals surface area (Å²) in [5.74, 6) is -8.03. The highest BCUT2D eigenvalue weighted by molar-refractivity contribution is 6.43. The summed E-state index contributed by atoms with van der Waals surface area (Å²) < 4.78 is 44.9. The second-order valence-electron chi connectivity index (χ2n) is 12.0. The van der Waals surface area contributed by atoms with E-state index in [1.54, 1.807) is 7.05 Å². The molecule has 1 unspecified atom stereocenters. The quantitative estimate of drug-likeness (QED) is 0.292. The van der Waals surface area contributed by atoms with E-state index in [0.29, 0.717) is 19.6 Å². The first-order valence-electron chi connectivity index (χ1n) is 14.0. The average molecular weight is 627 g/mol. The summed E-state index contributed by atoms with van der Waals surface area (Å²) in [5, 5.41) is 33.6. The number of aliphatic hydroxyl groups excluding tert-OH is 2. The van der Waals surface area contributed by atoms with Gasteiger partial charge in [0.25, 0.3) is 5.91 Å². The minimum atomic E-state index is -4.88. The van der Waals surface area contributed by atoms with Crippen LogP contribution >= 0.6 is 11.6 Å². The van der Waals surface area contributed by atoms with Crippen molar-refractivity contribution in [1.82, 2.24) is 14.7 Å². The fraction of sp³-hybridized carbons (Fsp3) is 0.552. The molecule has 1 aliphatic heterocycles. The Hall–Kier alpha value is -3.13. The van der Waals surface area contributed by atoms with Gasteiger partial charge >= 0.3 is 6.18 Å². The monoisotopic (exact) mass is 626 g/mol. The number of aliphatic hydroxyl groups is 2. The number of carbonyl (C=O) groups excluding carboxylic acids is 3. The van der Waals surface area contributed by atoms with Crippen LogP contribution in [0.15, 0.2) is 23.0 Å².